The highest BCUT2D eigenvalue weighted by Gasteiger charge is 2.34. The molecule has 1 aromatic heterocycles. The van der Waals surface area contributed by atoms with Crippen LogP contribution >= 0.6 is 0 Å². The fourth-order valence-electron chi connectivity index (χ4n) is 2.19. The van der Waals surface area contributed by atoms with Gasteiger partial charge in [-0.05, 0) is 26.3 Å². The third-order valence-electron chi connectivity index (χ3n) is 3.33. The minimum absolute atomic E-state index is 0.0606. The van der Waals surface area contributed by atoms with Crippen molar-refractivity contribution in [2.24, 2.45) is 5.41 Å². The summed E-state index contributed by atoms with van der Waals surface area (Å²) in [5.41, 5.74) is 0.103. The monoisotopic (exact) mass is 266 g/mol. The quantitative estimate of drug-likeness (QED) is 0.728. The molecule has 104 valence electrons. The summed E-state index contributed by atoms with van der Waals surface area (Å²) in [6.07, 6.45) is 4.80. The number of piperidine rings is 1. The molecule has 1 fully saturated rings. The predicted molar refractivity (Wildman–Crippen MR) is 68.7 cm³/mol. The molecular formula is C12H18N4O3. The Morgan fingerprint density at radius 2 is 2.42 bits per heavy atom. The summed E-state index contributed by atoms with van der Waals surface area (Å²) in [4.78, 5) is 22.8. The van der Waals surface area contributed by atoms with Crippen LogP contribution in [0.1, 0.15) is 19.8 Å². The SMILES string of the molecule is CC1(C(=O)Nc2cnn(CC(=O)O)c2)CCCNC1. The number of anilines is 1. The average Bonchev–Trinajstić information content (AvgIpc) is 2.76. The molecular weight excluding hydrogens is 248 g/mol. The fourth-order valence-corrected chi connectivity index (χ4v) is 2.19. The van der Waals surface area contributed by atoms with Gasteiger partial charge in [0.25, 0.3) is 0 Å². The second kappa shape index (κ2) is 5.40. The topological polar surface area (TPSA) is 96.2 Å². The molecule has 1 amide bonds. The zero-order chi connectivity index (χ0) is 13.9. The maximum absolute atomic E-state index is 12.2. The van der Waals surface area contributed by atoms with E-state index in [9.17, 15) is 9.59 Å². The first kappa shape index (κ1) is 13.5. The van der Waals surface area contributed by atoms with Crippen molar-refractivity contribution >= 4 is 17.6 Å². The van der Waals surface area contributed by atoms with Crippen LogP contribution < -0.4 is 10.6 Å². The predicted octanol–water partition coefficient (Wildman–Crippen LogP) is 0.296. The smallest absolute Gasteiger partial charge is 0.325 e. The molecule has 19 heavy (non-hydrogen) atoms. The van der Waals surface area contributed by atoms with Crippen LogP contribution in [0.15, 0.2) is 12.4 Å². The summed E-state index contributed by atoms with van der Waals surface area (Å²) in [5, 5.41) is 18.5. The Hall–Kier alpha value is -1.89. The third-order valence-corrected chi connectivity index (χ3v) is 3.33. The van der Waals surface area contributed by atoms with Gasteiger partial charge in [0, 0.05) is 12.7 Å². The number of aromatic nitrogens is 2. The number of carbonyl (C=O) groups is 2. The Morgan fingerprint density at radius 1 is 1.63 bits per heavy atom. The highest BCUT2D eigenvalue weighted by Crippen LogP contribution is 2.27. The van der Waals surface area contributed by atoms with E-state index in [4.69, 9.17) is 5.11 Å². The van der Waals surface area contributed by atoms with Crippen LogP contribution in [-0.4, -0.2) is 39.9 Å². The molecule has 1 atom stereocenters. The van der Waals surface area contributed by atoms with Crippen LogP contribution in [0, 0.1) is 5.41 Å². The summed E-state index contributed by atoms with van der Waals surface area (Å²) in [6, 6.07) is 0. The number of hydrogen-bond acceptors (Lipinski definition) is 4. The zero-order valence-electron chi connectivity index (χ0n) is 10.8. The zero-order valence-corrected chi connectivity index (χ0v) is 10.8. The van der Waals surface area contributed by atoms with Gasteiger partial charge in [-0.1, -0.05) is 0 Å². The number of carboxylic acids is 1. The molecule has 1 aromatic rings. The molecule has 1 saturated heterocycles. The van der Waals surface area contributed by atoms with Gasteiger partial charge in [0.1, 0.15) is 6.54 Å². The highest BCUT2D eigenvalue weighted by atomic mass is 16.4. The van der Waals surface area contributed by atoms with Gasteiger partial charge in [-0.15, -0.1) is 0 Å². The average molecular weight is 266 g/mol. The first-order chi connectivity index (χ1) is 8.99. The molecule has 1 aliphatic rings. The normalized spacial score (nSPS) is 23.0. The molecule has 3 N–H and O–H groups in total. The first-order valence-corrected chi connectivity index (χ1v) is 6.26. The van der Waals surface area contributed by atoms with Crippen LogP contribution in [-0.2, 0) is 16.1 Å². The Labute approximate surface area is 111 Å². The van der Waals surface area contributed by atoms with Crippen LogP contribution in [0.3, 0.4) is 0 Å². The molecule has 1 unspecified atom stereocenters. The third kappa shape index (κ3) is 3.31. The second-order valence-electron chi connectivity index (χ2n) is 5.12. The van der Waals surface area contributed by atoms with Gasteiger partial charge in [-0.2, -0.15) is 5.10 Å². The lowest BCUT2D eigenvalue weighted by Crippen LogP contribution is -2.45. The molecule has 0 aliphatic carbocycles. The van der Waals surface area contributed by atoms with Crippen LogP contribution in [0.2, 0.25) is 0 Å². The Kier molecular flexibility index (Phi) is 3.84. The summed E-state index contributed by atoms with van der Waals surface area (Å²) in [6.45, 7) is 3.31. The van der Waals surface area contributed by atoms with Crippen molar-refractivity contribution in [2.75, 3.05) is 18.4 Å². The fraction of sp³-hybridized carbons (Fsp3) is 0.583. The lowest BCUT2D eigenvalue weighted by molar-refractivity contribution is -0.137. The molecule has 7 heteroatoms. The Balaban J connectivity index is 1.98. The number of nitrogens with zero attached hydrogens (tertiary/aromatic N) is 2. The van der Waals surface area contributed by atoms with E-state index in [0.29, 0.717) is 12.2 Å². The van der Waals surface area contributed by atoms with Crippen molar-refractivity contribution in [3.05, 3.63) is 12.4 Å². The van der Waals surface area contributed by atoms with Crippen molar-refractivity contribution in [3.63, 3.8) is 0 Å². The number of carbonyl (C=O) groups excluding carboxylic acids is 1. The minimum Gasteiger partial charge on any atom is -0.480 e. The number of carboxylic acid groups (broad SMARTS) is 1. The molecule has 0 aromatic carbocycles. The molecule has 2 heterocycles. The lowest BCUT2D eigenvalue weighted by atomic mass is 9.82. The maximum Gasteiger partial charge on any atom is 0.325 e. The van der Waals surface area contributed by atoms with Crippen molar-refractivity contribution in [1.29, 1.82) is 0 Å². The van der Waals surface area contributed by atoms with Gasteiger partial charge in [-0.25, -0.2) is 0 Å². The van der Waals surface area contributed by atoms with Crippen molar-refractivity contribution in [3.8, 4) is 0 Å². The van der Waals surface area contributed by atoms with Crippen LogP contribution in [0.25, 0.3) is 0 Å². The number of nitrogens with one attached hydrogen (secondary N) is 2. The second-order valence-corrected chi connectivity index (χ2v) is 5.12. The summed E-state index contributed by atoms with van der Waals surface area (Å²) < 4.78 is 1.28. The van der Waals surface area contributed by atoms with Gasteiger partial charge in [0.15, 0.2) is 0 Å². The summed E-state index contributed by atoms with van der Waals surface area (Å²) >= 11 is 0. The summed E-state index contributed by atoms with van der Waals surface area (Å²) in [5.74, 6) is -1.03. The summed E-state index contributed by atoms with van der Waals surface area (Å²) in [7, 11) is 0. The number of amides is 1. The molecule has 2 rings (SSSR count). The maximum atomic E-state index is 12.2. The van der Waals surface area contributed by atoms with Gasteiger partial charge in [0.05, 0.1) is 17.3 Å². The van der Waals surface area contributed by atoms with Crippen LogP contribution in [0.5, 0.6) is 0 Å². The van der Waals surface area contributed by atoms with E-state index >= 15 is 0 Å². The molecule has 0 bridgehead atoms. The highest BCUT2D eigenvalue weighted by molar-refractivity contribution is 5.95. The lowest BCUT2D eigenvalue weighted by Gasteiger charge is -2.32. The van der Waals surface area contributed by atoms with E-state index in [1.807, 2.05) is 6.92 Å². The van der Waals surface area contributed by atoms with Gasteiger partial charge >= 0.3 is 5.97 Å². The van der Waals surface area contributed by atoms with Gasteiger partial charge in [-0.3, -0.25) is 14.3 Å². The number of aliphatic carboxylic acids is 1. The van der Waals surface area contributed by atoms with Crippen molar-refractivity contribution < 1.29 is 14.7 Å². The van der Waals surface area contributed by atoms with Crippen LogP contribution in [0.4, 0.5) is 5.69 Å². The van der Waals surface area contributed by atoms with E-state index in [-0.39, 0.29) is 12.5 Å². The van der Waals surface area contributed by atoms with E-state index in [2.05, 4.69) is 15.7 Å². The number of rotatable bonds is 4. The molecule has 1 aliphatic heterocycles. The van der Waals surface area contributed by atoms with E-state index < -0.39 is 11.4 Å². The largest absolute Gasteiger partial charge is 0.480 e. The first-order valence-electron chi connectivity index (χ1n) is 6.26. The Morgan fingerprint density at radius 3 is 3.05 bits per heavy atom. The van der Waals surface area contributed by atoms with Crippen molar-refractivity contribution in [1.82, 2.24) is 15.1 Å². The standard InChI is InChI=1S/C12H18N4O3/c1-12(3-2-4-13-8-12)11(19)15-9-5-14-16(6-9)7-10(17)18/h5-6,13H,2-4,7-8H2,1H3,(H,15,19)(H,17,18). The molecule has 0 radical (unpaired) electrons. The van der Waals surface area contributed by atoms with E-state index in [1.165, 1.54) is 17.1 Å². The molecule has 7 nitrogen and oxygen atoms in total. The van der Waals surface area contributed by atoms with Gasteiger partial charge < -0.3 is 15.7 Å². The van der Waals surface area contributed by atoms with E-state index in [0.717, 1.165) is 19.4 Å². The minimum atomic E-state index is -0.968. The van der Waals surface area contributed by atoms with Crippen molar-refractivity contribution in [2.45, 2.75) is 26.3 Å². The molecule has 0 spiro atoms. The molecule has 0 saturated carbocycles. The Bertz CT molecular complexity index is 477. The number of hydrogen-bond donors (Lipinski definition) is 3. The van der Waals surface area contributed by atoms with Gasteiger partial charge in [0.2, 0.25) is 5.91 Å². The van der Waals surface area contributed by atoms with E-state index in [1.54, 1.807) is 0 Å².